The molecule has 2 N–H and O–H groups in total. The highest BCUT2D eigenvalue weighted by Gasteiger charge is 2.11. The summed E-state index contributed by atoms with van der Waals surface area (Å²) in [6.45, 7) is 2.80. The monoisotopic (exact) mass is 203 g/mol. The summed E-state index contributed by atoms with van der Waals surface area (Å²) in [5.41, 5.74) is 5.84. The average molecular weight is 203 g/mol. The van der Waals surface area contributed by atoms with Crippen LogP contribution in [0, 0.1) is 5.92 Å². The van der Waals surface area contributed by atoms with Gasteiger partial charge in [-0.15, -0.1) is 0 Å². The van der Waals surface area contributed by atoms with Gasteiger partial charge in [0.25, 0.3) is 0 Å². The standard InChI is InChI=1S/C10H21NO3/c1-8(7-13-2)6-9(11)4-5-10(12)14-3/h8-9H,4-7,11H2,1-3H3. The highest BCUT2D eigenvalue weighted by atomic mass is 16.5. The molecule has 0 aliphatic rings. The molecule has 2 unspecified atom stereocenters. The zero-order chi connectivity index (χ0) is 11.0. The van der Waals surface area contributed by atoms with E-state index in [9.17, 15) is 4.79 Å². The first-order chi connectivity index (χ1) is 6.60. The summed E-state index contributed by atoms with van der Waals surface area (Å²) in [7, 11) is 3.07. The molecule has 0 saturated carbocycles. The van der Waals surface area contributed by atoms with E-state index in [0.29, 0.717) is 25.4 Å². The Labute approximate surface area is 85.8 Å². The van der Waals surface area contributed by atoms with E-state index in [2.05, 4.69) is 11.7 Å². The maximum Gasteiger partial charge on any atom is 0.305 e. The minimum absolute atomic E-state index is 0.0549. The van der Waals surface area contributed by atoms with Crippen molar-refractivity contribution in [2.45, 2.75) is 32.2 Å². The average Bonchev–Trinajstić information content (AvgIpc) is 2.14. The second-order valence-corrected chi connectivity index (χ2v) is 3.67. The van der Waals surface area contributed by atoms with E-state index in [1.807, 2.05) is 0 Å². The number of hydrogen-bond donors (Lipinski definition) is 1. The number of ether oxygens (including phenoxy) is 2. The molecule has 0 radical (unpaired) electrons. The summed E-state index contributed by atoms with van der Waals surface area (Å²) in [6, 6.07) is 0.0549. The van der Waals surface area contributed by atoms with Crippen LogP contribution in [0.5, 0.6) is 0 Å². The Morgan fingerprint density at radius 2 is 2.07 bits per heavy atom. The fourth-order valence-corrected chi connectivity index (χ4v) is 1.39. The molecule has 0 spiro atoms. The topological polar surface area (TPSA) is 61.5 Å². The fourth-order valence-electron chi connectivity index (χ4n) is 1.39. The largest absolute Gasteiger partial charge is 0.469 e. The van der Waals surface area contributed by atoms with E-state index < -0.39 is 0 Å². The maximum absolute atomic E-state index is 10.8. The SMILES string of the molecule is COCC(C)CC(N)CCC(=O)OC. The fraction of sp³-hybridized carbons (Fsp3) is 0.900. The van der Waals surface area contributed by atoms with E-state index in [0.717, 1.165) is 6.42 Å². The number of methoxy groups -OCH3 is 2. The molecular formula is C10H21NO3. The molecule has 14 heavy (non-hydrogen) atoms. The quantitative estimate of drug-likeness (QED) is 0.625. The molecule has 4 heteroatoms. The zero-order valence-corrected chi connectivity index (χ0v) is 9.29. The van der Waals surface area contributed by atoms with Crippen LogP contribution in [0.4, 0.5) is 0 Å². The molecule has 0 aliphatic heterocycles. The third kappa shape index (κ3) is 6.86. The normalized spacial score (nSPS) is 14.9. The van der Waals surface area contributed by atoms with Gasteiger partial charge in [0, 0.05) is 26.2 Å². The minimum Gasteiger partial charge on any atom is -0.469 e. The van der Waals surface area contributed by atoms with Gasteiger partial charge in [-0.05, 0) is 18.8 Å². The lowest BCUT2D eigenvalue weighted by Gasteiger charge is -2.15. The molecule has 0 saturated heterocycles. The first kappa shape index (κ1) is 13.4. The van der Waals surface area contributed by atoms with Gasteiger partial charge >= 0.3 is 5.97 Å². The lowest BCUT2D eigenvalue weighted by Crippen LogP contribution is -2.25. The maximum atomic E-state index is 10.8. The van der Waals surface area contributed by atoms with Gasteiger partial charge in [0.15, 0.2) is 0 Å². The minimum atomic E-state index is -0.195. The van der Waals surface area contributed by atoms with E-state index >= 15 is 0 Å². The summed E-state index contributed by atoms with van der Waals surface area (Å²) in [5.74, 6) is 0.243. The molecule has 0 aliphatic carbocycles. The van der Waals surface area contributed by atoms with Gasteiger partial charge in [0.2, 0.25) is 0 Å². The molecular weight excluding hydrogens is 182 g/mol. The first-order valence-corrected chi connectivity index (χ1v) is 4.91. The molecule has 0 fully saturated rings. The first-order valence-electron chi connectivity index (χ1n) is 4.91. The predicted molar refractivity (Wildman–Crippen MR) is 54.9 cm³/mol. The Bertz CT molecular complexity index is 161. The predicted octanol–water partition coefficient (Wildman–Crippen LogP) is 0.939. The summed E-state index contributed by atoms with van der Waals surface area (Å²) in [5, 5.41) is 0. The van der Waals surface area contributed by atoms with Crippen LogP contribution in [0.1, 0.15) is 26.2 Å². The van der Waals surface area contributed by atoms with Crippen molar-refractivity contribution in [2.75, 3.05) is 20.8 Å². The summed E-state index contributed by atoms with van der Waals surface area (Å²) >= 11 is 0. The van der Waals surface area contributed by atoms with Crippen LogP contribution in [0.3, 0.4) is 0 Å². The second kappa shape index (κ2) is 7.76. The molecule has 0 aromatic rings. The number of esters is 1. The van der Waals surface area contributed by atoms with Gasteiger partial charge in [0.1, 0.15) is 0 Å². The van der Waals surface area contributed by atoms with Crippen LogP contribution in [0.15, 0.2) is 0 Å². The molecule has 0 amide bonds. The summed E-state index contributed by atoms with van der Waals surface area (Å²) in [6.07, 6.45) is 1.96. The molecule has 2 atom stereocenters. The van der Waals surface area contributed by atoms with E-state index in [1.165, 1.54) is 7.11 Å². The van der Waals surface area contributed by atoms with E-state index in [1.54, 1.807) is 7.11 Å². The number of nitrogens with two attached hydrogens (primary N) is 1. The Morgan fingerprint density at radius 3 is 2.57 bits per heavy atom. The molecule has 0 rings (SSSR count). The Kier molecular flexibility index (Phi) is 7.42. The number of hydrogen-bond acceptors (Lipinski definition) is 4. The smallest absolute Gasteiger partial charge is 0.305 e. The molecule has 0 aromatic heterocycles. The van der Waals surface area contributed by atoms with Gasteiger partial charge < -0.3 is 15.2 Å². The summed E-state index contributed by atoms with van der Waals surface area (Å²) in [4.78, 5) is 10.8. The summed E-state index contributed by atoms with van der Waals surface area (Å²) < 4.78 is 9.54. The highest BCUT2D eigenvalue weighted by Crippen LogP contribution is 2.09. The third-order valence-corrected chi connectivity index (χ3v) is 2.10. The van der Waals surface area contributed by atoms with Gasteiger partial charge in [-0.2, -0.15) is 0 Å². The van der Waals surface area contributed by atoms with Crippen LogP contribution in [0.25, 0.3) is 0 Å². The third-order valence-electron chi connectivity index (χ3n) is 2.10. The molecule has 0 bridgehead atoms. The Balaban J connectivity index is 3.54. The van der Waals surface area contributed by atoms with Crippen LogP contribution in [-0.4, -0.2) is 32.8 Å². The van der Waals surface area contributed by atoms with Gasteiger partial charge in [-0.25, -0.2) is 0 Å². The zero-order valence-electron chi connectivity index (χ0n) is 9.29. The van der Waals surface area contributed by atoms with Gasteiger partial charge in [-0.3, -0.25) is 4.79 Å². The van der Waals surface area contributed by atoms with Gasteiger partial charge in [-0.1, -0.05) is 6.92 Å². The molecule has 4 nitrogen and oxygen atoms in total. The van der Waals surface area contributed by atoms with Crippen molar-refractivity contribution in [1.29, 1.82) is 0 Å². The van der Waals surface area contributed by atoms with Gasteiger partial charge in [0.05, 0.1) is 7.11 Å². The van der Waals surface area contributed by atoms with Crippen molar-refractivity contribution in [3.8, 4) is 0 Å². The van der Waals surface area contributed by atoms with Crippen LogP contribution in [0.2, 0.25) is 0 Å². The lowest BCUT2D eigenvalue weighted by atomic mass is 10.00. The van der Waals surface area contributed by atoms with Crippen molar-refractivity contribution >= 4 is 5.97 Å². The van der Waals surface area contributed by atoms with E-state index in [4.69, 9.17) is 10.5 Å². The second-order valence-electron chi connectivity index (χ2n) is 3.67. The number of carbonyl (C=O) groups is 1. The highest BCUT2D eigenvalue weighted by molar-refractivity contribution is 5.69. The number of rotatable bonds is 7. The van der Waals surface area contributed by atoms with E-state index in [-0.39, 0.29) is 12.0 Å². The molecule has 0 heterocycles. The van der Waals surface area contributed by atoms with Crippen LogP contribution < -0.4 is 5.73 Å². The lowest BCUT2D eigenvalue weighted by molar-refractivity contribution is -0.140. The Morgan fingerprint density at radius 1 is 1.43 bits per heavy atom. The van der Waals surface area contributed by atoms with Crippen molar-refractivity contribution in [3.63, 3.8) is 0 Å². The van der Waals surface area contributed by atoms with Crippen molar-refractivity contribution < 1.29 is 14.3 Å². The van der Waals surface area contributed by atoms with Crippen molar-refractivity contribution in [2.24, 2.45) is 11.7 Å². The molecule has 84 valence electrons. The van der Waals surface area contributed by atoms with Crippen LogP contribution >= 0.6 is 0 Å². The van der Waals surface area contributed by atoms with Crippen molar-refractivity contribution in [1.82, 2.24) is 0 Å². The Hall–Kier alpha value is -0.610. The molecule has 0 aromatic carbocycles. The number of carbonyl (C=O) groups excluding carboxylic acids is 1. The van der Waals surface area contributed by atoms with Crippen LogP contribution in [-0.2, 0) is 14.3 Å². The van der Waals surface area contributed by atoms with Crippen molar-refractivity contribution in [3.05, 3.63) is 0 Å².